The minimum absolute atomic E-state index is 0.00264. The fourth-order valence-corrected chi connectivity index (χ4v) is 5.59. The second-order valence-corrected chi connectivity index (χ2v) is 8.10. The predicted octanol–water partition coefficient (Wildman–Crippen LogP) is 3.55. The number of nitrogens with one attached hydrogen (secondary N) is 1. The Hall–Kier alpha value is -1.71. The Labute approximate surface area is 143 Å². The zero-order chi connectivity index (χ0) is 16.7. The first kappa shape index (κ1) is 15.8. The van der Waals surface area contributed by atoms with Crippen molar-refractivity contribution in [2.75, 3.05) is 7.11 Å². The molecule has 1 aromatic rings. The first-order chi connectivity index (χ1) is 11.6. The molecule has 0 radical (unpaired) electrons. The molecule has 4 saturated carbocycles. The Morgan fingerprint density at radius 1 is 1.08 bits per heavy atom. The molecule has 24 heavy (non-hydrogen) atoms. The third kappa shape index (κ3) is 2.87. The fraction of sp³-hybridized carbons (Fsp3) is 0.650. The van der Waals surface area contributed by atoms with E-state index in [2.05, 4.69) is 5.32 Å². The standard InChI is InChI=1S/C20H27NO3/c1-13(24-18-6-4-3-5-17(18)23-2)19(22)21-20-10-14-7-15(11-20)9-16(8-14)12-20/h3-6,13-16H,7-12H2,1-2H3,(H,21,22)/t13-,14?,15?,16?,20?/m1/s1. The first-order valence-electron chi connectivity index (χ1n) is 9.18. The summed E-state index contributed by atoms with van der Waals surface area (Å²) >= 11 is 0. The Balaban J connectivity index is 1.42. The summed E-state index contributed by atoms with van der Waals surface area (Å²) in [6.07, 6.45) is 7.09. The molecule has 0 heterocycles. The van der Waals surface area contributed by atoms with E-state index in [9.17, 15) is 4.79 Å². The third-order valence-corrected chi connectivity index (χ3v) is 6.17. The maximum atomic E-state index is 12.8. The lowest BCUT2D eigenvalue weighted by molar-refractivity contribution is -0.133. The maximum absolute atomic E-state index is 12.8. The molecule has 1 amide bonds. The number of ether oxygens (including phenoxy) is 2. The lowest BCUT2D eigenvalue weighted by Gasteiger charge is -2.57. The molecular formula is C20H27NO3. The van der Waals surface area contributed by atoms with Gasteiger partial charge in [-0.2, -0.15) is 0 Å². The van der Waals surface area contributed by atoms with Gasteiger partial charge in [-0.25, -0.2) is 0 Å². The van der Waals surface area contributed by atoms with Gasteiger partial charge in [0.2, 0.25) is 0 Å². The molecule has 0 unspecified atom stereocenters. The number of hydrogen-bond donors (Lipinski definition) is 1. The highest BCUT2D eigenvalue weighted by Gasteiger charge is 2.51. The number of hydrogen-bond acceptors (Lipinski definition) is 3. The van der Waals surface area contributed by atoms with E-state index in [0.29, 0.717) is 11.5 Å². The summed E-state index contributed by atoms with van der Waals surface area (Å²) in [6.45, 7) is 1.82. The molecule has 4 nitrogen and oxygen atoms in total. The summed E-state index contributed by atoms with van der Waals surface area (Å²) in [7, 11) is 1.61. The molecule has 4 aliphatic rings. The van der Waals surface area contributed by atoms with Gasteiger partial charge in [-0.3, -0.25) is 4.79 Å². The topological polar surface area (TPSA) is 47.6 Å². The van der Waals surface area contributed by atoms with Crippen molar-refractivity contribution in [3.8, 4) is 11.5 Å². The number of benzene rings is 1. The van der Waals surface area contributed by atoms with Gasteiger partial charge >= 0.3 is 0 Å². The summed E-state index contributed by atoms with van der Waals surface area (Å²) in [6, 6.07) is 7.47. The van der Waals surface area contributed by atoms with E-state index in [4.69, 9.17) is 9.47 Å². The van der Waals surface area contributed by atoms with E-state index in [-0.39, 0.29) is 11.4 Å². The monoisotopic (exact) mass is 329 g/mol. The van der Waals surface area contributed by atoms with Crippen molar-refractivity contribution in [2.24, 2.45) is 17.8 Å². The molecule has 4 aliphatic carbocycles. The molecule has 4 bridgehead atoms. The molecule has 4 fully saturated rings. The van der Waals surface area contributed by atoms with Gasteiger partial charge < -0.3 is 14.8 Å². The van der Waals surface area contributed by atoms with Crippen molar-refractivity contribution < 1.29 is 14.3 Å². The Morgan fingerprint density at radius 2 is 1.62 bits per heavy atom. The first-order valence-corrected chi connectivity index (χ1v) is 9.18. The summed E-state index contributed by atoms with van der Waals surface area (Å²) < 4.78 is 11.2. The van der Waals surface area contributed by atoms with Gasteiger partial charge in [-0.1, -0.05) is 12.1 Å². The van der Waals surface area contributed by atoms with Crippen LogP contribution in [-0.4, -0.2) is 24.7 Å². The molecule has 1 atom stereocenters. The van der Waals surface area contributed by atoms with E-state index in [0.717, 1.165) is 37.0 Å². The number of para-hydroxylation sites is 2. The molecule has 130 valence electrons. The Bertz CT molecular complexity index is 592. The second-order valence-electron chi connectivity index (χ2n) is 8.10. The Kier molecular flexibility index (Phi) is 3.93. The van der Waals surface area contributed by atoms with Gasteiger partial charge in [0.25, 0.3) is 5.91 Å². The van der Waals surface area contributed by atoms with Crippen LogP contribution in [0.3, 0.4) is 0 Å². The molecule has 0 spiro atoms. The lowest BCUT2D eigenvalue weighted by Crippen LogP contribution is -2.61. The van der Waals surface area contributed by atoms with E-state index in [1.807, 2.05) is 31.2 Å². The SMILES string of the molecule is COc1ccccc1O[C@H](C)C(=O)NC12CC3CC(CC(C3)C1)C2. The van der Waals surface area contributed by atoms with E-state index >= 15 is 0 Å². The van der Waals surface area contributed by atoms with Crippen LogP contribution in [0.1, 0.15) is 45.4 Å². The van der Waals surface area contributed by atoms with Crippen LogP contribution < -0.4 is 14.8 Å². The van der Waals surface area contributed by atoms with Crippen molar-refractivity contribution in [2.45, 2.75) is 57.1 Å². The highest BCUT2D eigenvalue weighted by molar-refractivity contribution is 5.81. The maximum Gasteiger partial charge on any atom is 0.261 e. The third-order valence-electron chi connectivity index (χ3n) is 6.17. The van der Waals surface area contributed by atoms with Gasteiger partial charge in [0.05, 0.1) is 7.11 Å². The van der Waals surface area contributed by atoms with Crippen LogP contribution in [0.2, 0.25) is 0 Å². The van der Waals surface area contributed by atoms with Gasteiger partial charge in [-0.15, -0.1) is 0 Å². The zero-order valence-corrected chi connectivity index (χ0v) is 14.6. The smallest absolute Gasteiger partial charge is 0.261 e. The summed E-state index contributed by atoms with van der Waals surface area (Å²) in [4.78, 5) is 12.8. The predicted molar refractivity (Wildman–Crippen MR) is 92.1 cm³/mol. The van der Waals surface area contributed by atoms with E-state index in [1.165, 1.54) is 19.3 Å². The summed E-state index contributed by atoms with van der Waals surface area (Å²) in [5, 5.41) is 3.38. The normalized spacial score (nSPS) is 34.7. The molecule has 0 aliphatic heterocycles. The fourth-order valence-electron chi connectivity index (χ4n) is 5.59. The molecule has 0 saturated heterocycles. The van der Waals surface area contributed by atoms with Crippen molar-refractivity contribution in [1.29, 1.82) is 0 Å². The molecule has 4 heteroatoms. The van der Waals surface area contributed by atoms with E-state index < -0.39 is 6.10 Å². The van der Waals surface area contributed by atoms with Crippen LogP contribution >= 0.6 is 0 Å². The largest absolute Gasteiger partial charge is 0.493 e. The minimum atomic E-state index is -0.519. The van der Waals surface area contributed by atoms with Gasteiger partial charge in [0.1, 0.15) is 0 Å². The molecular weight excluding hydrogens is 302 g/mol. The average Bonchev–Trinajstić information content (AvgIpc) is 2.53. The lowest BCUT2D eigenvalue weighted by atomic mass is 9.53. The average molecular weight is 329 g/mol. The molecule has 5 rings (SSSR count). The Morgan fingerprint density at radius 3 is 2.17 bits per heavy atom. The zero-order valence-electron chi connectivity index (χ0n) is 14.6. The van der Waals surface area contributed by atoms with Gasteiger partial charge in [0, 0.05) is 5.54 Å². The van der Waals surface area contributed by atoms with Crippen LogP contribution in [0.5, 0.6) is 11.5 Å². The molecule has 1 aromatic carbocycles. The summed E-state index contributed by atoms with van der Waals surface area (Å²) in [5.41, 5.74) is 0.0320. The molecule has 0 aromatic heterocycles. The summed E-state index contributed by atoms with van der Waals surface area (Å²) in [5.74, 6) is 3.74. The van der Waals surface area contributed by atoms with Gasteiger partial charge in [-0.05, 0) is 75.3 Å². The number of amides is 1. The highest BCUT2D eigenvalue weighted by atomic mass is 16.5. The van der Waals surface area contributed by atoms with Crippen LogP contribution in [0.15, 0.2) is 24.3 Å². The van der Waals surface area contributed by atoms with Crippen molar-refractivity contribution in [1.82, 2.24) is 5.32 Å². The molecule has 1 N–H and O–H groups in total. The van der Waals surface area contributed by atoms with Crippen LogP contribution in [0.4, 0.5) is 0 Å². The van der Waals surface area contributed by atoms with Crippen LogP contribution in [0.25, 0.3) is 0 Å². The number of rotatable bonds is 5. The number of carbonyl (C=O) groups excluding carboxylic acids is 1. The van der Waals surface area contributed by atoms with Crippen LogP contribution in [0, 0.1) is 17.8 Å². The van der Waals surface area contributed by atoms with Crippen molar-refractivity contribution >= 4 is 5.91 Å². The number of carbonyl (C=O) groups is 1. The van der Waals surface area contributed by atoms with Crippen LogP contribution in [-0.2, 0) is 4.79 Å². The van der Waals surface area contributed by atoms with Crippen molar-refractivity contribution in [3.63, 3.8) is 0 Å². The van der Waals surface area contributed by atoms with Gasteiger partial charge in [0.15, 0.2) is 17.6 Å². The minimum Gasteiger partial charge on any atom is -0.493 e. The van der Waals surface area contributed by atoms with Crippen molar-refractivity contribution in [3.05, 3.63) is 24.3 Å². The highest BCUT2D eigenvalue weighted by Crippen LogP contribution is 2.55. The number of methoxy groups -OCH3 is 1. The quantitative estimate of drug-likeness (QED) is 0.899. The second kappa shape index (κ2) is 5.98. The van der Waals surface area contributed by atoms with E-state index in [1.54, 1.807) is 7.11 Å².